The number of carboxylic acids is 1. The van der Waals surface area contributed by atoms with Gasteiger partial charge in [-0.3, -0.25) is 4.79 Å². The van der Waals surface area contributed by atoms with E-state index in [2.05, 4.69) is 70.2 Å². The largest absolute Gasteiger partial charge is 0.481 e. The van der Waals surface area contributed by atoms with Gasteiger partial charge in [-0.2, -0.15) is 11.8 Å². The Morgan fingerprint density at radius 3 is 2.08 bits per heavy atom. The first kappa shape index (κ1) is 28.2. The van der Waals surface area contributed by atoms with Gasteiger partial charge in [-0.05, 0) is 95.5 Å². The van der Waals surface area contributed by atoms with E-state index in [1.165, 1.54) is 33.4 Å². The van der Waals surface area contributed by atoms with E-state index in [0.717, 1.165) is 48.3 Å². The van der Waals surface area contributed by atoms with E-state index in [4.69, 9.17) is 5.11 Å². The summed E-state index contributed by atoms with van der Waals surface area (Å²) < 4.78 is 0. The highest BCUT2D eigenvalue weighted by Crippen LogP contribution is 2.41. The van der Waals surface area contributed by atoms with Crippen molar-refractivity contribution >= 4 is 23.8 Å². The number of thioether (sulfide) groups is 1. The number of hydrogen-bond donors (Lipinski definition) is 2. The summed E-state index contributed by atoms with van der Waals surface area (Å²) in [5.74, 6) is 1.22. The highest BCUT2D eigenvalue weighted by atomic mass is 32.2. The van der Waals surface area contributed by atoms with Gasteiger partial charge in [0.05, 0.1) is 12.0 Å². The molecule has 0 saturated carbocycles. The average Bonchev–Trinajstić information content (AvgIpc) is 2.90. The van der Waals surface area contributed by atoms with Crippen LogP contribution < -0.4 is 0 Å². The number of aliphatic carboxylic acids is 1. The van der Waals surface area contributed by atoms with Crippen molar-refractivity contribution in [3.8, 4) is 11.1 Å². The molecule has 4 rings (SSSR count). The molecule has 1 aliphatic heterocycles. The molecule has 1 fully saturated rings. The van der Waals surface area contributed by atoms with E-state index in [1.54, 1.807) is 0 Å². The maximum Gasteiger partial charge on any atom is 0.307 e. The summed E-state index contributed by atoms with van der Waals surface area (Å²) in [6.07, 6.45) is 7.80. The molecule has 200 valence electrons. The lowest BCUT2D eigenvalue weighted by Crippen LogP contribution is -2.30. The smallest absolute Gasteiger partial charge is 0.307 e. The summed E-state index contributed by atoms with van der Waals surface area (Å²) in [5.41, 5.74) is 8.59. The Labute approximate surface area is 232 Å². The maximum atomic E-state index is 11.0. The number of aryl methyl sites for hydroxylation is 2. The van der Waals surface area contributed by atoms with E-state index >= 15 is 0 Å². The fraction of sp³-hybridized carbons (Fsp3) is 0.382. The number of aliphatic hydroxyl groups is 1. The number of hydrogen-bond acceptors (Lipinski definition) is 3. The van der Waals surface area contributed by atoms with Gasteiger partial charge in [0.1, 0.15) is 0 Å². The molecule has 3 aromatic rings. The predicted molar refractivity (Wildman–Crippen MR) is 161 cm³/mol. The molecule has 0 aromatic heterocycles. The van der Waals surface area contributed by atoms with E-state index in [-0.39, 0.29) is 11.8 Å². The van der Waals surface area contributed by atoms with Crippen LogP contribution in [0.25, 0.3) is 17.2 Å². The van der Waals surface area contributed by atoms with Crippen molar-refractivity contribution in [1.29, 1.82) is 0 Å². The Bertz CT molecular complexity index is 1300. The van der Waals surface area contributed by atoms with E-state index < -0.39 is 11.6 Å². The van der Waals surface area contributed by atoms with Crippen molar-refractivity contribution in [1.82, 2.24) is 0 Å². The number of benzene rings is 3. The standard InChI is InChI=1S/C34H40O3S/c1-5-34(6-2,29-12-11-27(24(3)21-29)15-16-33(37)17-19-38-20-18-33)30-13-14-31(25(4)22-30)28-9-7-26(8-10-28)23-32(35)36/h7-16,21-22,37H,5-6,17-20,23H2,1-4H3,(H,35,36). The SMILES string of the molecule is CCC(CC)(c1ccc(C=CC2(O)CCSCC2)c(C)c1)c1ccc(-c2ccc(CC(=O)O)cc2)c(C)c1. The van der Waals surface area contributed by atoms with Gasteiger partial charge in [0.25, 0.3) is 0 Å². The molecular formula is C34H40O3S. The van der Waals surface area contributed by atoms with Gasteiger partial charge in [-0.25, -0.2) is 0 Å². The summed E-state index contributed by atoms with van der Waals surface area (Å²) in [5, 5.41) is 19.9. The zero-order chi connectivity index (χ0) is 27.3. The molecule has 0 unspecified atom stereocenters. The Kier molecular flexibility index (Phi) is 8.85. The lowest BCUT2D eigenvalue weighted by Gasteiger charge is -2.34. The van der Waals surface area contributed by atoms with E-state index in [0.29, 0.717) is 0 Å². The van der Waals surface area contributed by atoms with Gasteiger partial charge in [-0.1, -0.05) is 86.7 Å². The van der Waals surface area contributed by atoms with Crippen molar-refractivity contribution in [2.24, 2.45) is 0 Å². The van der Waals surface area contributed by atoms with Gasteiger partial charge in [0.2, 0.25) is 0 Å². The Morgan fingerprint density at radius 1 is 0.921 bits per heavy atom. The predicted octanol–water partition coefficient (Wildman–Crippen LogP) is 7.97. The minimum atomic E-state index is -0.811. The molecule has 0 bridgehead atoms. The van der Waals surface area contributed by atoms with Crippen LogP contribution in [-0.2, 0) is 16.6 Å². The lowest BCUT2D eigenvalue weighted by atomic mass is 9.69. The molecule has 1 aliphatic rings. The second kappa shape index (κ2) is 11.9. The summed E-state index contributed by atoms with van der Waals surface area (Å²) in [6, 6.07) is 21.5. The first-order chi connectivity index (χ1) is 18.2. The van der Waals surface area contributed by atoms with Crippen LogP contribution in [0.1, 0.15) is 72.9 Å². The van der Waals surface area contributed by atoms with Crippen LogP contribution in [0.2, 0.25) is 0 Å². The van der Waals surface area contributed by atoms with Crippen LogP contribution in [0, 0.1) is 13.8 Å². The third-order valence-electron chi connectivity index (χ3n) is 8.36. The molecule has 38 heavy (non-hydrogen) atoms. The van der Waals surface area contributed by atoms with Gasteiger partial charge in [0, 0.05) is 5.41 Å². The summed E-state index contributed by atoms with van der Waals surface area (Å²) in [4.78, 5) is 11.0. The van der Waals surface area contributed by atoms with E-state index in [9.17, 15) is 9.90 Å². The second-order valence-corrected chi connectivity index (χ2v) is 11.9. The fourth-order valence-corrected chi connectivity index (χ4v) is 6.99. The molecule has 0 atom stereocenters. The van der Waals surface area contributed by atoms with Crippen LogP contribution in [0.5, 0.6) is 0 Å². The Balaban J connectivity index is 1.63. The first-order valence-corrected chi connectivity index (χ1v) is 14.9. The first-order valence-electron chi connectivity index (χ1n) is 13.7. The van der Waals surface area contributed by atoms with Crippen LogP contribution in [0.4, 0.5) is 0 Å². The van der Waals surface area contributed by atoms with Crippen molar-refractivity contribution < 1.29 is 15.0 Å². The minimum absolute atomic E-state index is 0.0434. The quantitative estimate of drug-likeness (QED) is 0.296. The monoisotopic (exact) mass is 528 g/mol. The Morgan fingerprint density at radius 2 is 1.53 bits per heavy atom. The molecule has 0 radical (unpaired) electrons. The van der Waals surface area contributed by atoms with Gasteiger partial charge >= 0.3 is 5.97 Å². The van der Waals surface area contributed by atoms with Gasteiger partial charge in [-0.15, -0.1) is 0 Å². The van der Waals surface area contributed by atoms with Crippen molar-refractivity contribution in [3.05, 3.63) is 100 Å². The lowest BCUT2D eigenvalue weighted by molar-refractivity contribution is -0.136. The van der Waals surface area contributed by atoms with Crippen molar-refractivity contribution in [2.75, 3.05) is 11.5 Å². The number of rotatable bonds is 9. The molecule has 0 aliphatic carbocycles. The molecule has 0 spiro atoms. The average molecular weight is 529 g/mol. The molecular weight excluding hydrogens is 488 g/mol. The molecule has 4 heteroatoms. The maximum absolute atomic E-state index is 11.0. The van der Waals surface area contributed by atoms with Crippen LogP contribution in [0.15, 0.2) is 66.7 Å². The normalized spacial score (nSPS) is 15.6. The number of carboxylic acid groups (broad SMARTS) is 1. The van der Waals surface area contributed by atoms with Crippen LogP contribution >= 0.6 is 11.8 Å². The fourth-order valence-electron chi connectivity index (χ4n) is 5.79. The third-order valence-corrected chi connectivity index (χ3v) is 9.35. The Hall–Kier alpha value is -2.82. The summed E-state index contributed by atoms with van der Waals surface area (Å²) in [6.45, 7) is 8.87. The van der Waals surface area contributed by atoms with Crippen LogP contribution in [-0.4, -0.2) is 33.3 Å². The minimum Gasteiger partial charge on any atom is -0.481 e. The zero-order valence-electron chi connectivity index (χ0n) is 23.1. The summed E-state index contributed by atoms with van der Waals surface area (Å²) >= 11 is 1.92. The number of carbonyl (C=O) groups is 1. The topological polar surface area (TPSA) is 57.5 Å². The van der Waals surface area contributed by atoms with Gasteiger partial charge in [0.15, 0.2) is 0 Å². The van der Waals surface area contributed by atoms with Gasteiger partial charge < -0.3 is 10.2 Å². The van der Waals surface area contributed by atoms with E-state index in [1.807, 2.05) is 42.1 Å². The highest BCUT2D eigenvalue weighted by Gasteiger charge is 2.31. The molecule has 1 saturated heterocycles. The van der Waals surface area contributed by atoms with Crippen LogP contribution in [0.3, 0.4) is 0 Å². The molecule has 3 aromatic carbocycles. The highest BCUT2D eigenvalue weighted by molar-refractivity contribution is 7.99. The molecule has 3 nitrogen and oxygen atoms in total. The van der Waals surface area contributed by atoms with Crippen molar-refractivity contribution in [3.63, 3.8) is 0 Å². The van der Waals surface area contributed by atoms with Crippen molar-refractivity contribution in [2.45, 2.75) is 70.8 Å². The zero-order valence-corrected chi connectivity index (χ0v) is 23.9. The molecule has 1 heterocycles. The summed E-state index contributed by atoms with van der Waals surface area (Å²) in [7, 11) is 0. The third kappa shape index (κ3) is 6.08. The molecule has 2 N–H and O–H groups in total. The second-order valence-electron chi connectivity index (χ2n) is 10.7. The molecule has 0 amide bonds.